The van der Waals surface area contributed by atoms with E-state index in [1.807, 2.05) is 0 Å². The van der Waals surface area contributed by atoms with E-state index >= 15 is 0 Å². The van der Waals surface area contributed by atoms with Gasteiger partial charge in [-0.05, 0) is 49.4 Å². The number of hydrogen-bond donors (Lipinski definition) is 1. The number of carbonyl (C=O) groups excluding carboxylic acids is 1. The molecule has 0 aliphatic carbocycles. The maximum Gasteiger partial charge on any atom is 0.237 e. The second-order valence-corrected chi connectivity index (χ2v) is 6.94. The van der Waals surface area contributed by atoms with E-state index < -0.39 is 11.1 Å². The molecule has 5 nitrogen and oxygen atoms in total. The lowest BCUT2D eigenvalue weighted by Gasteiger charge is -2.11. The minimum Gasteiger partial charge on any atom is -0.325 e. The SMILES string of the molecule is C[C@H](Sc1nnc(-c2ccc(F)cc2)n1C)C(=O)Nc1cccc(F)c1. The summed E-state index contributed by atoms with van der Waals surface area (Å²) < 4.78 is 28.0. The molecule has 2 aromatic carbocycles. The maximum atomic E-state index is 13.2. The van der Waals surface area contributed by atoms with Crippen LogP contribution in [0.15, 0.2) is 53.7 Å². The standard InChI is InChI=1S/C18H16F2N4OS/c1-11(17(25)21-15-5-3-4-14(20)10-15)26-18-23-22-16(24(18)2)12-6-8-13(19)9-7-12/h3-11H,1-2H3,(H,21,25)/t11-/m0/s1. The Morgan fingerprint density at radius 1 is 1.12 bits per heavy atom. The number of hydrogen-bond acceptors (Lipinski definition) is 4. The minimum absolute atomic E-state index is 0.271. The number of anilines is 1. The summed E-state index contributed by atoms with van der Waals surface area (Å²) in [7, 11) is 1.78. The van der Waals surface area contributed by atoms with E-state index in [1.54, 1.807) is 36.7 Å². The molecule has 0 unspecified atom stereocenters. The molecule has 0 radical (unpaired) electrons. The molecule has 0 saturated heterocycles. The van der Waals surface area contributed by atoms with Crippen molar-refractivity contribution in [1.82, 2.24) is 14.8 Å². The third-order valence-electron chi connectivity index (χ3n) is 3.68. The summed E-state index contributed by atoms with van der Waals surface area (Å²) in [6, 6.07) is 11.7. The zero-order valence-electron chi connectivity index (χ0n) is 14.1. The highest BCUT2D eigenvalue weighted by Crippen LogP contribution is 2.26. The molecule has 8 heteroatoms. The molecular formula is C18H16F2N4OS. The van der Waals surface area contributed by atoms with Crippen LogP contribution in [0.1, 0.15) is 6.92 Å². The highest BCUT2D eigenvalue weighted by atomic mass is 32.2. The van der Waals surface area contributed by atoms with Gasteiger partial charge < -0.3 is 9.88 Å². The Kier molecular flexibility index (Phi) is 5.32. The fourth-order valence-electron chi connectivity index (χ4n) is 2.29. The zero-order valence-corrected chi connectivity index (χ0v) is 14.9. The average Bonchev–Trinajstić information content (AvgIpc) is 2.96. The van der Waals surface area contributed by atoms with Crippen LogP contribution in [0.25, 0.3) is 11.4 Å². The van der Waals surface area contributed by atoms with Gasteiger partial charge in [0.15, 0.2) is 11.0 Å². The number of halogens is 2. The van der Waals surface area contributed by atoms with E-state index in [2.05, 4.69) is 15.5 Å². The first-order chi connectivity index (χ1) is 12.4. The summed E-state index contributed by atoms with van der Waals surface area (Å²) in [5, 5.41) is 11.0. The van der Waals surface area contributed by atoms with Crippen molar-refractivity contribution >= 4 is 23.4 Å². The highest BCUT2D eigenvalue weighted by Gasteiger charge is 2.19. The normalized spacial score (nSPS) is 12.0. The van der Waals surface area contributed by atoms with Crippen molar-refractivity contribution in [2.75, 3.05) is 5.32 Å². The van der Waals surface area contributed by atoms with E-state index in [0.29, 0.717) is 16.7 Å². The first-order valence-corrected chi connectivity index (χ1v) is 8.70. The van der Waals surface area contributed by atoms with Gasteiger partial charge in [-0.25, -0.2) is 8.78 Å². The van der Waals surface area contributed by atoms with Crippen LogP contribution < -0.4 is 5.32 Å². The lowest BCUT2D eigenvalue weighted by molar-refractivity contribution is -0.115. The van der Waals surface area contributed by atoms with E-state index in [9.17, 15) is 13.6 Å². The Labute approximate surface area is 153 Å². The van der Waals surface area contributed by atoms with Gasteiger partial charge in [0, 0.05) is 18.3 Å². The van der Waals surface area contributed by atoms with Crippen molar-refractivity contribution < 1.29 is 13.6 Å². The summed E-state index contributed by atoms with van der Waals surface area (Å²) in [5.41, 5.74) is 1.12. The molecule has 1 aromatic heterocycles. The molecule has 0 aliphatic heterocycles. The van der Waals surface area contributed by atoms with E-state index in [4.69, 9.17) is 0 Å². The molecule has 3 rings (SSSR count). The van der Waals surface area contributed by atoms with Crippen LogP contribution in [-0.4, -0.2) is 25.9 Å². The molecule has 1 atom stereocenters. The fraction of sp³-hybridized carbons (Fsp3) is 0.167. The number of benzene rings is 2. The van der Waals surface area contributed by atoms with Crippen molar-refractivity contribution in [3.05, 3.63) is 60.2 Å². The maximum absolute atomic E-state index is 13.2. The molecule has 0 saturated carbocycles. The first kappa shape index (κ1) is 18.1. The Hall–Kier alpha value is -2.74. The number of amides is 1. The van der Waals surface area contributed by atoms with Crippen molar-refractivity contribution in [1.29, 1.82) is 0 Å². The van der Waals surface area contributed by atoms with Gasteiger partial charge in [-0.3, -0.25) is 4.79 Å². The third-order valence-corrected chi connectivity index (χ3v) is 4.81. The summed E-state index contributed by atoms with van der Waals surface area (Å²) in [6.45, 7) is 1.73. The molecule has 26 heavy (non-hydrogen) atoms. The van der Waals surface area contributed by atoms with Crippen molar-refractivity contribution in [2.24, 2.45) is 7.05 Å². The molecule has 0 aliphatic rings. The molecule has 0 spiro atoms. The molecule has 0 fully saturated rings. The second kappa shape index (κ2) is 7.65. The Morgan fingerprint density at radius 2 is 1.85 bits per heavy atom. The highest BCUT2D eigenvalue weighted by molar-refractivity contribution is 8.00. The van der Waals surface area contributed by atoms with Crippen LogP contribution in [-0.2, 0) is 11.8 Å². The minimum atomic E-state index is -0.470. The molecule has 1 N–H and O–H groups in total. The number of thioether (sulfide) groups is 1. The van der Waals surface area contributed by atoms with Crippen LogP contribution in [0.2, 0.25) is 0 Å². The van der Waals surface area contributed by atoms with Gasteiger partial charge in [-0.15, -0.1) is 10.2 Å². The van der Waals surface area contributed by atoms with Crippen LogP contribution >= 0.6 is 11.8 Å². The largest absolute Gasteiger partial charge is 0.325 e. The first-order valence-electron chi connectivity index (χ1n) is 7.82. The molecule has 134 valence electrons. The Bertz CT molecular complexity index is 927. The Morgan fingerprint density at radius 3 is 2.54 bits per heavy atom. The van der Waals surface area contributed by atoms with Gasteiger partial charge in [-0.1, -0.05) is 17.8 Å². The van der Waals surface area contributed by atoms with E-state index in [0.717, 1.165) is 5.56 Å². The van der Waals surface area contributed by atoms with Crippen molar-refractivity contribution in [2.45, 2.75) is 17.3 Å². The molecular weight excluding hydrogens is 358 g/mol. The summed E-state index contributed by atoms with van der Waals surface area (Å²) in [5.74, 6) is -0.439. The summed E-state index contributed by atoms with van der Waals surface area (Å²) >= 11 is 1.23. The molecule has 1 heterocycles. The summed E-state index contributed by atoms with van der Waals surface area (Å²) in [4.78, 5) is 12.3. The Balaban J connectivity index is 1.70. The fourth-order valence-corrected chi connectivity index (χ4v) is 3.10. The zero-order chi connectivity index (χ0) is 18.7. The number of carbonyl (C=O) groups is 1. The van der Waals surface area contributed by atoms with Gasteiger partial charge in [-0.2, -0.15) is 0 Å². The second-order valence-electron chi connectivity index (χ2n) is 5.63. The van der Waals surface area contributed by atoms with Crippen molar-refractivity contribution in [3.63, 3.8) is 0 Å². The number of rotatable bonds is 5. The predicted molar refractivity (Wildman–Crippen MR) is 96.7 cm³/mol. The monoisotopic (exact) mass is 374 g/mol. The van der Waals surface area contributed by atoms with E-state index in [-0.39, 0.29) is 11.7 Å². The third kappa shape index (κ3) is 4.08. The van der Waals surface area contributed by atoms with E-state index in [1.165, 1.54) is 42.1 Å². The lowest BCUT2D eigenvalue weighted by Crippen LogP contribution is -2.22. The average molecular weight is 374 g/mol. The van der Waals surface area contributed by atoms with Crippen LogP contribution in [0, 0.1) is 11.6 Å². The topological polar surface area (TPSA) is 59.8 Å². The van der Waals surface area contributed by atoms with Gasteiger partial charge in [0.1, 0.15) is 11.6 Å². The number of nitrogens with one attached hydrogen (secondary N) is 1. The van der Waals surface area contributed by atoms with Gasteiger partial charge in [0.2, 0.25) is 5.91 Å². The lowest BCUT2D eigenvalue weighted by atomic mass is 10.2. The summed E-state index contributed by atoms with van der Waals surface area (Å²) in [6.07, 6.45) is 0. The quantitative estimate of drug-likeness (QED) is 0.689. The van der Waals surface area contributed by atoms with Crippen LogP contribution in [0.4, 0.5) is 14.5 Å². The predicted octanol–water partition coefficient (Wildman–Crippen LogP) is 3.88. The number of nitrogens with zero attached hydrogens (tertiary/aromatic N) is 3. The molecule has 3 aromatic rings. The van der Waals surface area contributed by atoms with Crippen LogP contribution in [0.5, 0.6) is 0 Å². The van der Waals surface area contributed by atoms with Crippen molar-refractivity contribution in [3.8, 4) is 11.4 Å². The number of aromatic nitrogens is 3. The van der Waals surface area contributed by atoms with Gasteiger partial charge in [0.05, 0.1) is 5.25 Å². The molecule has 1 amide bonds. The van der Waals surface area contributed by atoms with Crippen LogP contribution in [0.3, 0.4) is 0 Å². The smallest absolute Gasteiger partial charge is 0.237 e. The van der Waals surface area contributed by atoms with Gasteiger partial charge >= 0.3 is 0 Å². The molecule has 0 bridgehead atoms. The van der Waals surface area contributed by atoms with Gasteiger partial charge in [0.25, 0.3) is 0 Å².